The molecule has 1 aromatic carbocycles. The first-order valence-corrected chi connectivity index (χ1v) is 11.4. The Labute approximate surface area is 129 Å². The van der Waals surface area contributed by atoms with Gasteiger partial charge in [0.1, 0.15) is 0 Å². The van der Waals surface area contributed by atoms with Crippen LogP contribution in [0.2, 0.25) is 25.2 Å². The maximum Gasteiger partial charge on any atom is 0.0569 e. The van der Waals surface area contributed by atoms with Crippen molar-refractivity contribution >= 4 is 8.07 Å². The molecule has 2 aliphatic carbocycles. The summed E-state index contributed by atoms with van der Waals surface area (Å²) in [5.74, 6) is 0.396. The molecule has 1 heteroatoms. The Morgan fingerprint density at radius 2 is 1.62 bits per heavy atom. The lowest BCUT2D eigenvalue weighted by atomic mass is 9.90. The van der Waals surface area contributed by atoms with Crippen molar-refractivity contribution in [2.45, 2.75) is 38.0 Å². The zero-order valence-electron chi connectivity index (χ0n) is 13.4. The third-order valence-electron chi connectivity index (χ3n) is 4.53. The van der Waals surface area contributed by atoms with Gasteiger partial charge in [0.25, 0.3) is 0 Å². The lowest BCUT2D eigenvalue weighted by Gasteiger charge is -2.29. The second-order valence-corrected chi connectivity index (χ2v) is 12.5. The van der Waals surface area contributed by atoms with Crippen LogP contribution in [0.15, 0.2) is 77.4 Å². The third kappa shape index (κ3) is 2.63. The van der Waals surface area contributed by atoms with Gasteiger partial charge in [0.05, 0.1) is 8.07 Å². The van der Waals surface area contributed by atoms with E-state index in [1.54, 1.807) is 11.1 Å². The van der Waals surface area contributed by atoms with Crippen molar-refractivity contribution in [1.29, 1.82) is 0 Å². The Hall–Kier alpha value is -1.60. The van der Waals surface area contributed by atoms with Crippen LogP contribution >= 0.6 is 0 Å². The largest absolute Gasteiger partial charge is 0.0726 e. The minimum Gasteiger partial charge on any atom is -0.0726 e. The van der Waals surface area contributed by atoms with Gasteiger partial charge in [-0.05, 0) is 29.2 Å². The fourth-order valence-electron chi connectivity index (χ4n) is 3.82. The molecule has 1 aromatic rings. The van der Waals surface area contributed by atoms with Gasteiger partial charge in [-0.2, -0.15) is 0 Å². The summed E-state index contributed by atoms with van der Waals surface area (Å²) >= 11 is 0. The average molecular weight is 292 g/mol. The second kappa shape index (κ2) is 5.30. The Kier molecular flexibility index (Phi) is 3.62. The fourth-order valence-corrected chi connectivity index (χ4v) is 6.47. The molecule has 0 heterocycles. The number of benzene rings is 1. The van der Waals surface area contributed by atoms with Crippen LogP contribution in [-0.4, -0.2) is 8.07 Å². The summed E-state index contributed by atoms with van der Waals surface area (Å²) in [5.41, 5.74) is 6.68. The van der Waals surface area contributed by atoms with Crippen molar-refractivity contribution in [3.05, 3.63) is 83.0 Å². The highest BCUT2D eigenvalue weighted by molar-refractivity contribution is 6.79. The predicted octanol–water partition coefficient (Wildman–Crippen LogP) is 5.86. The van der Waals surface area contributed by atoms with E-state index in [0.29, 0.717) is 11.5 Å². The summed E-state index contributed by atoms with van der Waals surface area (Å²) < 4.78 is 0. The molecule has 2 aliphatic rings. The molecule has 0 aromatic heterocycles. The molecule has 108 valence electrons. The van der Waals surface area contributed by atoms with Gasteiger partial charge >= 0.3 is 0 Å². The molecule has 0 radical (unpaired) electrons. The quantitative estimate of drug-likeness (QED) is 0.599. The zero-order valence-corrected chi connectivity index (χ0v) is 14.4. The van der Waals surface area contributed by atoms with E-state index >= 15 is 0 Å². The first-order valence-electron chi connectivity index (χ1n) is 7.80. The lowest BCUT2D eigenvalue weighted by Crippen LogP contribution is -2.29. The number of allylic oxidation sites excluding steroid dienone is 8. The third-order valence-corrected chi connectivity index (χ3v) is 7.03. The number of rotatable bonds is 2. The monoisotopic (exact) mass is 292 g/mol. The summed E-state index contributed by atoms with van der Waals surface area (Å²) in [7, 11) is -1.25. The minimum atomic E-state index is -1.25. The van der Waals surface area contributed by atoms with Crippen LogP contribution in [0.3, 0.4) is 0 Å². The van der Waals surface area contributed by atoms with E-state index in [4.69, 9.17) is 0 Å². The van der Waals surface area contributed by atoms with Gasteiger partial charge in [-0.25, -0.2) is 0 Å². The van der Waals surface area contributed by atoms with Crippen LogP contribution in [0.4, 0.5) is 0 Å². The van der Waals surface area contributed by atoms with Crippen LogP contribution < -0.4 is 0 Å². The molecule has 0 spiro atoms. The van der Waals surface area contributed by atoms with Gasteiger partial charge < -0.3 is 0 Å². The Morgan fingerprint density at radius 1 is 0.905 bits per heavy atom. The van der Waals surface area contributed by atoms with E-state index < -0.39 is 8.07 Å². The summed E-state index contributed by atoms with van der Waals surface area (Å²) in [6.45, 7) is 9.76. The van der Waals surface area contributed by atoms with E-state index in [0.717, 1.165) is 0 Å². The van der Waals surface area contributed by atoms with E-state index in [9.17, 15) is 0 Å². The molecule has 2 atom stereocenters. The standard InChI is InChI=1S/C20H24Si/c1-15-14-19-17(16-10-6-5-7-11-16)12-8-9-13-18(19)20(15)21(2,3)4/h5-14,17,20H,1-4H3. The fraction of sp³-hybridized carbons (Fsp3) is 0.300. The highest BCUT2D eigenvalue weighted by Crippen LogP contribution is 2.48. The van der Waals surface area contributed by atoms with E-state index in [1.165, 1.54) is 11.1 Å². The molecule has 0 amide bonds. The first kappa shape index (κ1) is 14.3. The van der Waals surface area contributed by atoms with E-state index in [1.807, 2.05) is 0 Å². The van der Waals surface area contributed by atoms with Gasteiger partial charge in [-0.3, -0.25) is 0 Å². The van der Waals surface area contributed by atoms with E-state index in [2.05, 4.69) is 87.3 Å². The van der Waals surface area contributed by atoms with Gasteiger partial charge in [0, 0.05) is 5.92 Å². The SMILES string of the molecule is CC1=CC2=C(C=CC=CC2c2ccccc2)C1[Si](C)(C)C. The Bertz CT molecular complexity index is 651. The van der Waals surface area contributed by atoms with Crippen molar-refractivity contribution in [1.82, 2.24) is 0 Å². The average Bonchev–Trinajstić information content (AvgIpc) is 2.63. The zero-order chi connectivity index (χ0) is 15.0. The Morgan fingerprint density at radius 3 is 2.29 bits per heavy atom. The molecular formula is C20H24Si. The molecule has 0 fully saturated rings. The summed E-state index contributed by atoms with van der Waals surface area (Å²) in [6.07, 6.45) is 11.6. The summed E-state index contributed by atoms with van der Waals surface area (Å²) in [4.78, 5) is 0. The molecule has 0 saturated heterocycles. The smallest absolute Gasteiger partial charge is 0.0569 e. The van der Waals surface area contributed by atoms with Crippen LogP contribution in [0, 0.1) is 0 Å². The first-order chi connectivity index (χ1) is 9.98. The van der Waals surface area contributed by atoms with Crippen molar-refractivity contribution in [2.24, 2.45) is 0 Å². The summed E-state index contributed by atoms with van der Waals surface area (Å²) in [6, 6.07) is 10.9. The molecule has 21 heavy (non-hydrogen) atoms. The van der Waals surface area contributed by atoms with Crippen LogP contribution in [0.25, 0.3) is 0 Å². The highest BCUT2D eigenvalue weighted by atomic mass is 28.3. The molecule has 0 saturated carbocycles. The number of hydrogen-bond donors (Lipinski definition) is 0. The maximum atomic E-state index is 2.48. The molecule has 0 N–H and O–H groups in total. The summed E-state index contributed by atoms with van der Waals surface area (Å²) in [5, 5.41) is 0. The van der Waals surface area contributed by atoms with E-state index in [-0.39, 0.29) is 0 Å². The van der Waals surface area contributed by atoms with Gasteiger partial charge in [0.2, 0.25) is 0 Å². The van der Waals surface area contributed by atoms with Crippen molar-refractivity contribution in [3.63, 3.8) is 0 Å². The van der Waals surface area contributed by atoms with Gasteiger partial charge in [-0.1, -0.05) is 85.9 Å². The molecular weight excluding hydrogens is 268 g/mol. The van der Waals surface area contributed by atoms with Gasteiger partial charge in [-0.15, -0.1) is 0 Å². The van der Waals surface area contributed by atoms with Crippen molar-refractivity contribution in [2.75, 3.05) is 0 Å². The molecule has 0 bridgehead atoms. The maximum absolute atomic E-state index is 2.48. The normalized spacial score (nSPS) is 24.9. The predicted molar refractivity (Wildman–Crippen MR) is 95.3 cm³/mol. The topological polar surface area (TPSA) is 0 Å². The molecule has 2 unspecified atom stereocenters. The van der Waals surface area contributed by atoms with Gasteiger partial charge in [0.15, 0.2) is 0 Å². The molecule has 0 aliphatic heterocycles. The molecule has 0 nitrogen and oxygen atoms in total. The van der Waals surface area contributed by atoms with Crippen molar-refractivity contribution in [3.8, 4) is 0 Å². The minimum absolute atomic E-state index is 0.396. The molecule has 3 rings (SSSR count). The van der Waals surface area contributed by atoms with Crippen LogP contribution in [0.1, 0.15) is 18.4 Å². The van der Waals surface area contributed by atoms with Crippen molar-refractivity contribution < 1.29 is 0 Å². The highest BCUT2D eigenvalue weighted by Gasteiger charge is 2.36. The number of hydrogen-bond acceptors (Lipinski definition) is 0. The lowest BCUT2D eigenvalue weighted by molar-refractivity contribution is 1.01. The Balaban J connectivity index is 2.11. The second-order valence-electron chi connectivity index (χ2n) is 7.23. The van der Waals surface area contributed by atoms with Crippen LogP contribution in [-0.2, 0) is 0 Å². The van der Waals surface area contributed by atoms with Crippen LogP contribution in [0.5, 0.6) is 0 Å².